The molecule has 3 aromatic heterocycles. The van der Waals surface area contributed by atoms with E-state index >= 15 is 0 Å². The second-order valence-corrected chi connectivity index (χ2v) is 6.32. The highest BCUT2D eigenvalue weighted by atomic mass is 19.4. The summed E-state index contributed by atoms with van der Waals surface area (Å²) in [5.41, 5.74) is 0.249. The summed E-state index contributed by atoms with van der Waals surface area (Å²) in [4.78, 5) is 16.0. The Morgan fingerprint density at radius 2 is 1.82 bits per heavy atom. The third-order valence-electron chi connectivity index (χ3n) is 4.37. The molecular weight excluding hydrogens is 371 g/mol. The molecule has 6 nitrogen and oxygen atoms in total. The number of pyridine rings is 2. The normalized spacial score (nSPS) is 19.5. The molecule has 4 rings (SSSR count). The molecular formula is C19H16F3N5O. The van der Waals surface area contributed by atoms with Crippen molar-refractivity contribution < 1.29 is 17.9 Å². The number of halogens is 3. The zero-order valence-electron chi connectivity index (χ0n) is 14.6. The number of aromatic nitrogens is 4. The Morgan fingerprint density at radius 1 is 1.04 bits per heavy atom. The molecule has 28 heavy (non-hydrogen) atoms. The molecule has 0 bridgehead atoms. The molecule has 0 saturated carbocycles. The summed E-state index contributed by atoms with van der Waals surface area (Å²) < 4.78 is 45.8. The summed E-state index contributed by atoms with van der Waals surface area (Å²) in [6.07, 6.45) is 2.02. The first-order valence-electron chi connectivity index (χ1n) is 8.65. The Morgan fingerprint density at radius 3 is 2.50 bits per heavy atom. The van der Waals surface area contributed by atoms with Crippen LogP contribution in [0.1, 0.15) is 23.8 Å². The third-order valence-corrected chi connectivity index (χ3v) is 4.37. The van der Waals surface area contributed by atoms with Gasteiger partial charge in [0, 0.05) is 48.6 Å². The van der Waals surface area contributed by atoms with Gasteiger partial charge in [-0.2, -0.15) is 13.2 Å². The number of hydrogen-bond acceptors (Lipinski definition) is 6. The molecule has 9 heteroatoms. The number of rotatable bonds is 4. The highest BCUT2D eigenvalue weighted by molar-refractivity contribution is 5.56. The van der Waals surface area contributed by atoms with E-state index in [2.05, 4.69) is 25.3 Å². The van der Waals surface area contributed by atoms with E-state index in [0.29, 0.717) is 18.6 Å². The second-order valence-electron chi connectivity index (χ2n) is 6.32. The molecule has 1 saturated heterocycles. The molecule has 0 aliphatic carbocycles. The van der Waals surface area contributed by atoms with E-state index in [9.17, 15) is 13.2 Å². The van der Waals surface area contributed by atoms with Gasteiger partial charge < -0.3 is 10.1 Å². The Kier molecular flexibility index (Phi) is 4.91. The number of nitrogens with one attached hydrogen (secondary N) is 1. The monoisotopic (exact) mass is 387 g/mol. The van der Waals surface area contributed by atoms with Crippen LogP contribution in [0, 0.1) is 0 Å². The number of hydrogen-bond donors (Lipinski definition) is 1. The van der Waals surface area contributed by atoms with Crippen molar-refractivity contribution in [1.29, 1.82) is 0 Å². The molecule has 0 amide bonds. The van der Waals surface area contributed by atoms with Crippen LogP contribution in [0.4, 0.5) is 19.0 Å². The van der Waals surface area contributed by atoms with E-state index in [4.69, 9.17) is 4.74 Å². The molecule has 4 heterocycles. The van der Waals surface area contributed by atoms with Gasteiger partial charge in [0.2, 0.25) is 0 Å². The standard InChI is InChI=1S/C19H16F3N5O/c20-19(21,22)15-9-16(27-18(26-15)13-4-2-7-24-11-13)25-14-5-8-28-17(14)12-3-1-6-23-10-12/h1-4,6-7,9-11,14,17H,5,8H2,(H,25,26,27)/t14-,17+/m0/s1. The van der Waals surface area contributed by atoms with Gasteiger partial charge in [0.05, 0.1) is 6.04 Å². The number of nitrogens with zero attached hydrogens (tertiary/aromatic N) is 4. The molecule has 0 spiro atoms. The number of ether oxygens (including phenoxy) is 1. The quantitative estimate of drug-likeness (QED) is 0.732. The number of alkyl halides is 3. The first-order valence-corrected chi connectivity index (χ1v) is 8.65. The van der Waals surface area contributed by atoms with Gasteiger partial charge >= 0.3 is 6.18 Å². The van der Waals surface area contributed by atoms with Crippen molar-refractivity contribution in [3.05, 3.63) is 66.4 Å². The van der Waals surface area contributed by atoms with Crippen LogP contribution in [0.5, 0.6) is 0 Å². The average Bonchev–Trinajstić information content (AvgIpc) is 3.16. The largest absolute Gasteiger partial charge is 0.433 e. The zero-order chi connectivity index (χ0) is 19.6. The molecule has 144 valence electrons. The summed E-state index contributed by atoms with van der Waals surface area (Å²) in [6.45, 7) is 0.490. The summed E-state index contributed by atoms with van der Waals surface area (Å²) in [5.74, 6) is 0.0489. The summed E-state index contributed by atoms with van der Waals surface area (Å²) in [7, 11) is 0. The topological polar surface area (TPSA) is 72.8 Å². The maximum Gasteiger partial charge on any atom is 0.433 e. The van der Waals surface area contributed by atoms with Crippen LogP contribution in [0.25, 0.3) is 11.4 Å². The predicted molar refractivity (Wildman–Crippen MR) is 95.2 cm³/mol. The highest BCUT2D eigenvalue weighted by Crippen LogP contribution is 2.34. The fraction of sp³-hybridized carbons (Fsp3) is 0.263. The van der Waals surface area contributed by atoms with Gasteiger partial charge in [0.25, 0.3) is 0 Å². The summed E-state index contributed by atoms with van der Waals surface area (Å²) in [5, 5.41) is 3.09. The smallest absolute Gasteiger partial charge is 0.371 e. The molecule has 2 atom stereocenters. The van der Waals surface area contributed by atoms with Gasteiger partial charge in [-0.3, -0.25) is 9.97 Å². The first kappa shape index (κ1) is 18.3. The van der Waals surface area contributed by atoms with Crippen LogP contribution in [-0.4, -0.2) is 32.6 Å². The van der Waals surface area contributed by atoms with Crippen LogP contribution in [0.2, 0.25) is 0 Å². The zero-order valence-corrected chi connectivity index (χ0v) is 14.6. The van der Waals surface area contributed by atoms with Gasteiger partial charge in [0.15, 0.2) is 11.5 Å². The fourth-order valence-electron chi connectivity index (χ4n) is 3.09. The minimum Gasteiger partial charge on any atom is -0.371 e. The Hall–Kier alpha value is -3.07. The summed E-state index contributed by atoms with van der Waals surface area (Å²) in [6, 6.07) is 7.58. The molecule has 0 radical (unpaired) electrons. The lowest BCUT2D eigenvalue weighted by atomic mass is 10.0. The van der Waals surface area contributed by atoms with Crippen molar-refractivity contribution in [1.82, 2.24) is 19.9 Å². The van der Waals surface area contributed by atoms with Crippen LogP contribution >= 0.6 is 0 Å². The molecule has 1 aliphatic rings. The van der Waals surface area contributed by atoms with E-state index < -0.39 is 11.9 Å². The lowest BCUT2D eigenvalue weighted by molar-refractivity contribution is -0.141. The third kappa shape index (κ3) is 3.94. The van der Waals surface area contributed by atoms with Crippen molar-refractivity contribution >= 4 is 5.82 Å². The molecule has 1 fully saturated rings. The van der Waals surface area contributed by atoms with E-state index in [1.54, 1.807) is 30.6 Å². The van der Waals surface area contributed by atoms with Crippen molar-refractivity contribution in [3.63, 3.8) is 0 Å². The Bertz CT molecular complexity index is 937. The first-order chi connectivity index (χ1) is 13.5. The van der Waals surface area contributed by atoms with Crippen molar-refractivity contribution in [2.24, 2.45) is 0 Å². The minimum absolute atomic E-state index is 0.0396. The lowest BCUT2D eigenvalue weighted by Gasteiger charge is -2.21. The minimum atomic E-state index is -4.59. The molecule has 0 unspecified atom stereocenters. The lowest BCUT2D eigenvalue weighted by Crippen LogP contribution is -2.24. The van der Waals surface area contributed by atoms with E-state index in [0.717, 1.165) is 11.6 Å². The molecule has 0 aromatic carbocycles. The van der Waals surface area contributed by atoms with E-state index in [1.807, 2.05) is 6.07 Å². The van der Waals surface area contributed by atoms with E-state index in [1.165, 1.54) is 12.4 Å². The maximum atomic E-state index is 13.4. The SMILES string of the molecule is FC(F)(F)c1cc(N[C@H]2CCO[C@@H]2c2cccnc2)nc(-c2cccnc2)n1. The summed E-state index contributed by atoms with van der Waals surface area (Å²) >= 11 is 0. The van der Waals surface area contributed by atoms with Gasteiger partial charge in [0.1, 0.15) is 11.9 Å². The van der Waals surface area contributed by atoms with Crippen LogP contribution in [0.15, 0.2) is 55.1 Å². The van der Waals surface area contributed by atoms with Crippen LogP contribution in [-0.2, 0) is 10.9 Å². The van der Waals surface area contributed by atoms with Crippen LogP contribution < -0.4 is 5.32 Å². The van der Waals surface area contributed by atoms with Crippen molar-refractivity contribution in [2.75, 3.05) is 11.9 Å². The van der Waals surface area contributed by atoms with Crippen molar-refractivity contribution in [3.8, 4) is 11.4 Å². The van der Waals surface area contributed by atoms with Gasteiger partial charge in [-0.25, -0.2) is 9.97 Å². The predicted octanol–water partition coefficient (Wildman–Crippen LogP) is 3.89. The number of anilines is 1. The second kappa shape index (κ2) is 7.51. The molecule has 1 N–H and O–H groups in total. The van der Waals surface area contributed by atoms with E-state index in [-0.39, 0.29) is 23.8 Å². The molecule has 3 aromatic rings. The molecule has 1 aliphatic heterocycles. The van der Waals surface area contributed by atoms with Crippen LogP contribution in [0.3, 0.4) is 0 Å². The van der Waals surface area contributed by atoms with Crippen molar-refractivity contribution in [2.45, 2.75) is 24.7 Å². The fourth-order valence-corrected chi connectivity index (χ4v) is 3.09. The highest BCUT2D eigenvalue weighted by Gasteiger charge is 2.35. The Labute approximate surface area is 158 Å². The average molecular weight is 387 g/mol. The van der Waals surface area contributed by atoms with Gasteiger partial charge in [-0.05, 0) is 24.6 Å². The maximum absolute atomic E-state index is 13.4. The van der Waals surface area contributed by atoms with Gasteiger partial charge in [-0.1, -0.05) is 6.07 Å². The Balaban J connectivity index is 1.67. The van der Waals surface area contributed by atoms with Gasteiger partial charge in [-0.15, -0.1) is 0 Å².